The maximum atomic E-state index is 14.3. The predicted molar refractivity (Wildman–Crippen MR) is 209 cm³/mol. The van der Waals surface area contributed by atoms with E-state index in [-0.39, 0.29) is 55.0 Å². The molecular formula is C36H51N3O9S3Si. The predicted octanol–water partition coefficient (Wildman–Crippen LogP) is 7.81. The van der Waals surface area contributed by atoms with Crippen LogP contribution in [0.3, 0.4) is 0 Å². The van der Waals surface area contributed by atoms with Crippen molar-refractivity contribution in [3.05, 3.63) is 75.0 Å². The Labute approximate surface area is 316 Å². The highest BCUT2D eigenvalue weighted by molar-refractivity contribution is 8.29. The number of amides is 1. The lowest BCUT2D eigenvalue weighted by Gasteiger charge is -2.51. The fraction of sp³-hybridized carbons (Fsp3) is 0.528. The minimum absolute atomic E-state index is 0.0107. The molecule has 3 rings (SSSR count). The summed E-state index contributed by atoms with van der Waals surface area (Å²) in [6.07, 6.45) is 0.500. The second-order valence-electron chi connectivity index (χ2n) is 15.4. The molecule has 1 aliphatic rings. The van der Waals surface area contributed by atoms with Crippen LogP contribution in [0.4, 0.5) is 5.69 Å². The highest BCUT2D eigenvalue weighted by Gasteiger charge is 2.55. The minimum atomic E-state index is -3.75. The van der Waals surface area contributed by atoms with Crippen molar-refractivity contribution in [3.8, 4) is 5.75 Å². The van der Waals surface area contributed by atoms with E-state index in [4.69, 9.17) is 9.47 Å². The summed E-state index contributed by atoms with van der Waals surface area (Å²) in [5.74, 6) is -1.52. The van der Waals surface area contributed by atoms with Crippen molar-refractivity contribution in [2.24, 2.45) is 11.3 Å². The molecule has 0 spiro atoms. The van der Waals surface area contributed by atoms with Gasteiger partial charge >= 0.3 is 5.97 Å². The van der Waals surface area contributed by atoms with E-state index < -0.39 is 45.5 Å². The van der Waals surface area contributed by atoms with Gasteiger partial charge in [0, 0.05) is 42.9 Å². The number of carbonyl (C=O) groups excluding carboxylic acids is 3. The zero-order valence-corrected chi connectivity index (χ0v) is 35.5. The largest absolute Gasteiger partial charge is 0.456 e. The van der Waals surface area contributed by atoms with Crippen molar-refractivity contribution in [2.45, 2.75) is 103 Å². The zero-order valence-electron chi connectivity index (χ0n) is 32.0. The maximum absolute atomic E-state index is 14.3. The smallest absolute Gasteiger partial charge is 0.359 e. The normalized spacial score (nSPS) is 18.0. The van der Waals surface area contributed by atoms with E-state index in [1.54, 1.807) is 20.8 Å². The number of nitrogens with zero attached hydrogens (tertiary/aromatic N) is 3. The molecule has 0 N–H and O–H groups in total. The summed E-state index contributed by atoms with van der Waals surface area (Å²) >= 11 is 2.51. The Kier molecular flexibility index (Phi) is 13.7. The topological polar surface area (TPSA) is 153 Å². The van der Waals surface area contributed by atoms with Gasteiger partial charge in [0.2, 0.25) is 21.0 Å². The van der Waals surface area contributed by atoms with Gasteiger partial charge in [-0.1, -0.05) is 68.5 Å². The SMILES string of the molecule is CC[C@@H]1[C@H]([C@@H](C)S[Si](C)(C)C(C)(C)C)C(=O)N1C(C(=O)OCc1ccc([N+](=O)[O-])cc1)=C(Oc1ccc(S(=O)(=O)N(C)C)cc1)SC(=O)C(C)(C)C. The Hall–Kier alpha value is -3.18. The van der Waals surface area contributed by atoms with Crippen LogP contribution in [0.15, 0.2) is 64.2 Å². The van der Waals surface area contributed by atoms with Crippen LogP contribution < -0.4 is 4.74 Å². The van der Waals surface area contributed by atoms with Crippen LogP contribution in [-0.2, 0) is 35.8 Å². The molecule has 12 nitrogen and oxygen atoms in total. The van der Waals surface area contributed by atoms with E-state index in [0.717, 1.165) is 4.31 Å². The van der Waals surface area contributed by atoms with Gasteiger partial charge in [-0.15, -0.1) is 0 Å². The number of thioether (sulfide) groups is 1. The summed E-state index contributed by atoms with van der Waals surface area (Å²) < 4.78 is 38.5. The number of ether oxygens (including phenoxy) is 2. The van der Waals surface area contributed by atoms with Gasteiger partial charge in [-0.25, -0.2) is 17.5 Å². The summed E-state index contributed by atoms with van der Waals surface area (Å²) in [6, 6.07) is 10.6. The third-order valence-electron chi connectivity index (χ3n) is 9.23. The fourth-order valence-corrected chi connectivity index (χ4v) is 12.9. The first kappa shape index (κ1) is 43.2. The maximum Gasteiger partial charge on any atom is 0.359 e. The number of rotatable bonds is 14. The molecule has 2 aromatic carbocycles. The Balaban J connectivity index is 2.16. The molecule has 0 aromatic heterocycles. The first-order valence-corrected chi connectivity index (χ1v) is 23.8. The Bertz CT molecular complexity index is 1800. The standard InChI is InChI=1S/C36H51N3O9S3Si/c1-13-28-29(23(2)50-52(11,12)36(6,7)8)31(40)38(28)30(32(41)47-22-24-14-16-25(17-15-24)39(43)44)33(49-34(42)35(3,4)5)48-26-18-20-27(21-19-26)51(45,46)37(9)10/h14-21,23,28-29H,13,22H2,1-12H3/t23-,28-,29+/m1/s1. The highest BCUT2D eigenvalue weighted by atomic mass is 32.4. The minimum Gasteiger partial charge on any atom is -0.456 e. The van der Waals surface area contributed by atoms with E-state index in [2.05, 4.69) is 33.9 Å². The molecule has 1 fully saturated rings. The van der Waals surface area contributed by atoms with Gasteiger partial charge in [-0.2, -0.15) is 11.2 Å². The summed E-state index contributed by atoms with van der Waals surface area (Å²) in [5.41, 5.74) is -0.778. The molecule has 1 saturated heterocycles. The van der Waals surface area contributed by atoms with Gasteiger partial charge in [0.25, 0.3) is 5.69 Å². The fourth-order valence-electron chi connectivity index (χ4n) is 5.07. The first-order chi connectivity index (χ1) is 23.8. The molecule has 1 heterocycles. The molecule has 0 radical (unpaired) electrons. The molecule has 0 aliphatic carbocycles. The molecule has 16 heteroatoms. The van der Waals surface area contributed by atoms with E-state index >= 15 is 0 Å². The summed E-state index contributed by atoms with van der Waals surface area (Å²) in [5, 5.41) is 10.6. The average Bonchev–Trinajstić information content (AvgIpc) is 3.03. The lowest BCUT2D eigenvalue weighted by molar-refractivity contribution is -0.384. The Morgan fingerprint density at radius 3 is 2.04 bits per heavy atom. The van der Waals surface area contributed by atoms with E-state index in [1.807, 2.05) is 25.1 Å². The lowest BCUT2D eigenvalue weighted by atomic mass is 9.82. The Morgan fingerprint density at radius 2 is 1.58 bits per heavy atom. The number of nitro benzene ring substituents is 1. The van der Waals surface area contributed by atoms with E-state index in [0.29, 0.717) is 23.7 Å². The van der Waals surface area contributed by atoms with Crippen molar-refractivity contribution < 1.29 is 37.2 Å². The molecule has 2 aromatic rings. The van der Waals surface area contributed by atoms with Gasteiger partial charge < -0.3 is 9.47 Å². The van der Waals surface area contributed by atoms with Crippen molar-refractivity contribution in [1.82, 2.24) is 9.21 Å². The van der Waals surface area contributed by atoms with Crippen molar-refractivity contribution in [1.29, 1.82) is 0 Å². The number of esters is 1. The molecule has 1 aliphatic heterocycles. The molecule has 0 unspecified atom stereocenters. The van der Waals surface area contributed by atoms with Crippen LogP contribution in [0, 0.1) is 21.4 Å². The molecule has 1 amide bonds. The summed E-state index contributed by atoms with van der Waals surface area (Å²) in [7, 11) is -2.80. The van der Waals surface area contributed by atoms with Gasteiger partial charge in [0.15, 0.2) is 10.8 Å². The molecule has 0 bridgehead atoms. The number of hydrogen-bond acceptors (Lipinski definition) is 11. The molecular weight excluding hydrogens is 743 g/mol. The zero-order chi connectivity index (χ0) is 39.6. The van der Waals surface area contributed by atoms with Gasteiger partial charge in [0.1, 0.15) is 19.6 Å². The van der Waals surface area contributed by atoms with Crippen LogP contribution in [0.5, 0.6) is 5.75 Å². The van der Waals surface area contributed by atoms with Gasteiger partial charge in [-0.05, 0) is 65.2 Å². The van der Waals surface area contributed by atoms with Crippen LogP contribution in [0.1, 0.15) is 67.4 Å². The van der Waals surface area contributed by atoms with Crippen LogP contribution in [-0.4, -0.2) is 72.1 Å². The van der Waals surface area contributed by atoms with Crippen molar-refractivity contribution in [2.75, 3.05) is 14.1 Å². The molecule has 0 saturated carbocycles. The lowest BCUT2D eigenvalue weighted by Crippen LogP contribution is -2.64. The van der Waals surface area contributed by atoms with Crippen LogP contribution >= 0.6 is 23.0 Å². The van der Waals surface area contributed by atoms with Crippen molar-refractivity contribution in [3.63, 3.8) is 0 Å². The second-order valence-corrected chi connectivity index (χ2v) is 27.8. The number of β-lactam (4-membered cyclic amide) rings is 1. The summed E-state index contributed by atoms with van der Waals surface area (Å²) in [4.78, 5) is 54.1. The number of hydrogen-bond donors (Lipinski definition) is 0. The third-order valence-corrected chi connectivity index (χ3v) is 21.9. The summed E-state index contributed by atoms with van der Waals surface area (Å²) in [6.45, 7) is 20.0. The van der Waals surface area contributed by atoms with Gasteiger partial charge in [-0.3, -0.25) is 24.6 Å². The number of non-ortho nitro benzene ring substituents is 1. The number of sulfonamides is 1. The van der Waals surface area contributed by atoms with Crippen molar-refractivity contribution >= 4 is 62.9 Å². The number of nitro groups is 1. The Morgan fingerprint density at radius 1 is 1.02 bits per heavy atom. The molecule has 286 valence electrons. The van der Waals surface area contributed by atoms with Crippen LogP contribution in [0.25, 0.3) is 0 Å². The molecule has 3 atom stereocenters. The highest BCUT2D eigenvalue weighted by Crippen LogP contribution is 2.50. The number of benzene rings is 2. The van der Waals surface area contributed by atoms with E-state index in [1.165, 1.54) is 67.5 Å². The monoisotopic (exact) mass is 793 g/mol. The number of likely N-dealkylation sites (tertiary alicyclic amines) is 1. The molecule has 52 heavy (non-hydrogen) atoms. The van der Waals surface area contributed by atoms with E-state index in [9.17, 15) is 32.9 Å². The first-order valence-electron chi connectivity index (χ1n) is 16.9. The second kappa shape index (κ2) is 16.5. The quantitative estimate of drug-likeness (QED) is 0.0350. The number of carbonyl (C=O) groups is 3. The average molecular weight is 794 g/mol. The third kappa shape index (κ3) is 9.86. The van der Waals surface area contributed by atoms with Crippen LogP contribution in [0.2, 0.25) is 18.1 Å². The van der Waals surface area contributed by atoms with Gasteiger partial charge in [0.05, 0.1) is 15.7 Å².